The molecule has 0 radical (unpaired) electrons. The van der Waals surface area contributed by atoms with Crippen molar-refractivity contribution < 1.29 is 15.0 Å². The molecule has 0 aromatic carbocycles. The van der Waals surface area contributed by atoms with Gasteiger partial charge in [0.05, 0.1) is 18.6 Å². The van der Waals surface area contributed by atoms with Crippen LogP contribution in [0.4, 0.5) is 0 Å². The van der Waals surface area contributed by atoms with Gasteiger partial charge in [-0.25, -0.2) is 9.97 Å². The Bertz CT molecular complexity index is 955. The Hall–Kier alpha value is -1.24. The van der Waals surface area contributed by atoms with E-state index in [0.29, 0.717) is 28.1 Å². The number of rotatable bonds is 4. The lowest BCUT2D eigenvalue weighted by Gasteiger charge is -2.38. The van der Waals surface area contributed by atoms with Gasteiger partial charge in [-0.1, -0.05) is 6.92 Å². The summed E-state index contributed by atoms with van der Waals surface area (Å²) in [6.45, 7) is 5.56. The topological polar surface area (TPSA) is 47.5 Å². The molecule has 2 aromatic rings. The SMILES string of the molecule is [2H]C1([2H])c2sc3ncnc(O[C@H]4CC[C@H](N5CCOCC5)CC4)c3c2[C@@H](CC)C1([2H])[2H]. The van der Waals surface area contributed by atoms with E-state index in [1.807, 2.05) is 6.92 Å². The van der Waals surface area contributed by atoms with Crippen LogP contribution in [-0.4, -0.2) is 53.3 Å². The highest BCUT2D eigenvalue weighted by Crippen LogP contribution is 2.47. The number of aromatic nitrogens is 2. The van der Waals surface area contributed by atoms with Crippen molar-refractivity contribution in [2.45, 2.75) is 69.8 Å². The molecule has 2 aromatic heterocycles. The van der Waals surface area contributed by atoms with Crippen LogP contribution < -0.4 is 4.74 Å². The van der Waals surface area contributed by atoms with Crippen molar-refractivity contribution in [3.63, 3.8) is 0 Å². The number of hydrogen-bond acceptors (Lipinski definition) is 6. The highest BCUT2D eigenvalue weighted by atomic mass is 32.1. The predicted molar refractivity (Wildman–Crippen MR) is 108 cm³/mol. The number of ether oxygens (including phenoxy) is 2. The van der Waals surface area contributed by atoms with Crippen LogP contribution >= 0.6 is 11.3 Å². The number of fused-ring (bicyclic) bond motifs is 3. The molecule has 0 amide bonds. The van der Waals surface area contributed by atoms with Crippen LogP contribution in [0.1, 0.15) is 67.2 Å². The third kappa shape index (κ3) is 3.36. The molecule has 5 nitrogen and oxygen atoms in total. The Labute approximate surface area is 170 Å². The largest absolute Gasteiger partial charge is 0.474 e. The van der Waals surface area contributed by atoms with Gasteiger partial charge in [0.15, 0.2) is 0 Å². The van der Waals surface area contributed by atoms with Gasteiger partial charge in [-0.15, -0.1) is 11.3 Å². The van der Waals surface area contributed by atoms with Crippen molar-refractivity contribution in [3.8, 4) is 5.88 Å². The normalized spacial score (nSPS) is 35.1. The molecular weight excluding hydrogens is 358 g/mol. The summed E-state index contributed by atoms with van der Waals surface area (Å²) >= 11 is 1.25. The molecule has 0 spiro atoms. The van der Waals surface area contributed by atoms with Gasteiger partial charge in [-0.3, -0.25) is 4.90 Å². The quantitative estimate of drug-likeness (QED) is 0.783. The van der Waals surface area contributed by atoms with Crippen LogP contribution in [-0.2, 0) is 11.1 Å². The highest BCUT2D eigenvalue weighted by molar-refractivity contribution is 7.19. The lowest BCUT2D eigenvalue weighted by molar-refractivity contribution is -0.00126. The van der Waals surface area contributed by atoms with E-state index >= 15 is 0 Å². The maximum atomic E-state index is 8.48. The minimum atomic E-state index is -2.04. The average Bonchev–Trinajstić information content (AvgIpc) is 3.22. The van der Waals surface area contributed by atoms with Crippen molar-refractivity contribution in [1.29, 1.82) is 0 Å². The summed E-state index contributed by atoms with van der Waals surface area (Å²) in [5.41, 5.74) is 0.718. The van der Waals surface area contributed by atoms with Crippen LogP contribution in [0.3, 0.4) is 0 Å². The smallest absolute Gasteiger partial charge is 0.225 e. The summed E-state index contributed by atoms with van der Waals surface area (Å²) in [6.07, 6.45) is 2.16. The van der Waals surface area contributed by atoms with Crippen LogP contribution in [0.15, 0.2) is 6.33 Å². The first-order valence-electron chi connectivity index (χ1n) is 12.1. The van der Waals surface area contributed by atoms with Gasteiger partial charge in [0.25, 0.3) is 0 Å². The number of morpholine rings is 1. The second kappa shape index (κ2) is 7.64. The van der Waals surface area contributed by atoms with E-state index in [2.05, 4.69) is 14.9 Å². The number of nitrogens with zero attached hydrogens (tertiary/aromatic N) is 3. The summed E-state index contributed by atoms with van der Waals surface area (Å²) in [6, 6.07) is 0.587. The summed E-state index contributed by atoms with van der Waals surface area (Å²) < 4.78 is 45.8. The standard InChI is InChI=1S/C21H29N3O2S/c1-2-14-3-8-17-18(14)19-20(22-13-23-21(19)27-17)26-16-6-4-15(5-7-16)24-9-11-25-12-10-24/h13-16H,2-12H2,1H3/t14-,15-,16-/m0/s1/i3D2,8D2. The number of aryl methyl sites for hydroxylation is 1. The predicted octanol–water partition coefficient (Wildman–Crippen LogP) is 4.15. The Morgan fingerprint density at radius 3 is 2.85 bits per heavy atom. The molecule has 1 saturated heterocycles. The molecule has 27 heavy (non-hydrogen) atoms. The van der Waals surface area contributed by atoms with Gasteiger partial charge < -0.3 is 9.47 Å². The lowest BCUT2D eigenvalue weighted by Crippen LogP contribution is -2.46. The van der Waals surface area contributed by atoms with Gasteiger partial charge >= 0.3 is 0 Å². The molecule has 3 aliphatic rings. The maximum Gasteiger partial charge on any atom is 0.225 e. The van der Waals surface area contributed by atoms with E-state index in [1.54, 1.807) is 0 Å². The molecular formula is C21H29N3O2S. The molecule has 3 heterocycles. The fourth-order valence-electron chi connectivity index (χ4n) is 4.60. The first kappa shape index (κ1) is 13.9. The summed E-state index contributed by atoms with van der Waals surface area (Å²) in [4.78, 5) is 12.5. The molecule has 2 fully saturated rings. The monoisotopic (exact) mass is 391 g/mol. The second-order valence-electron chi connectivity index (χ2n) is 7.63. The number of hydrogen-bond donors (Lipinski definition) is 0. The zero-order valence-electron chi connectivity index (χ0n) is 19.7. The van der Waals surface area contributed by atoms with Crippen molar-refractivity contribution in [2.75, 3.05) is 26.3 Å². The van der Waals surface area contributed by atoms with Crippen molar-refractivity contribution in [1.82, 2.24) is 14.9 Å². The van der Waals surface area contributed by atoms with Gasteiger partial charge in [-0.05, 0) is 56.3 Å². The minimum absolute atomic E-state index is 0.0703. The first-order chi connectivity index (χ1) is 14.8. The second-order valence-corrected chi connectivity index (χ2v) is 8.63. The van der Waals surface area contributed by atoms with Crippen LogP contribution in [0.25, 0.3) is 10.2 Å². The Kier molecular flexibility index (Phi) is 3.92. The molecule has 0 bridgehead atoms. The van der Waals surface area contributed by atoms with Crippen molar-refractivity contribution in [3.05, 3.63) is 16.8 Å². The Morgan fingerprint density at radius 2 is 2.07 bits per heavy atom. The maximum absolute atomic E-state index is 8.48. The molecule has 0 N–H and O–H groups in total. The molecule has 1 aliphatic heterocycles. The van der Waals surface area contributed by atoms with E-state index in [0.717, 1.165) is 62.9 Å². The zero-order chi connectivity index (χ0) is 21.8. The molecule has 146 valence electrons. The molecule has 6 heteroatoms. The van der Waals surface area contributed by atoms with E-state index in [1.165, 1.54) is 17.7 Å². The highest BCUT2D eigenvalue weighted by Gasteiger charge is 2.31. The van der Waals surface area contributed by atoms with Gasteiger partial charge in [0, 0.05) is 29.5 Å². The first-order valence-corrected chi connectivity index (χ1v) is 10.9. The molecule has 0 unspecified atom stereocenters. The third-order valence-corrected chi connectivity index (χ3v) is 7.12. The minimum Gasteiger partial charge on any atom is -0.474 e. The number of thiophene rings is 1. The Balaban J connectivity index is 1.40. The Morgan fingerprint density at radius 1 is 1.26 bits per heavy atom. The zero-order valence-corrected chi connectivity index (χ0v) is 16.6. The van der Waals surface area contributed by atoms with E-state index in [9.17, 15) is 0 Å². The van der Waals surface area contributed by atoms with Crippen molar-refractivity contribution >= 4 is 21.6 Å². The third-order valence-electron chi connectivity index (χ3n) is 6.09. The fourth-order valence-corrected chi connectivity index (χ4v) is 5.66. The molecule has 1 saturated carbocycles. The summed E-state index contributed by atoms with van der Waals surface area (Å²) in [5.74, 6) is -0.0408. The summed E-state index contributed by atoms with van der Waals surface area (Å²) in [7, 11) is 0. The molecule has 1 atom stereocenters. The van der Waals surface area contributed by atoms with Crippen LogP contribution in [0.2, 0.25) is 0 Å². The van der Waals surface area contributed by atoms with Crippen molar-refractivity contribution in [2.24, 2.45) is 0 Å². The van der Waals surface area contributed by atoms with Gasteiger partial charge in [0.2, 0.25) is 5.88 Å². The molecule has 2 aliphatic carbocycles. The fraction of sp³-hybridized carbons (Fsp3) is 0.714. The van der Waals surface area contributed by atoms with Crippen LogP contribution in [0.5, 0.6) is 5.88 Å². The van der Waals surface area contributed by atoms with Crippen LogP contribution in [0, 0.1) is 0 Å². The van der Waals surface area contributed by atoms with Gasteiger partial charge in [0.1, 0.15) is 17.3 Å². The average molecular weight is 392 g/mol. The summed E-state index contributed by atoms with van der Waals surface area (Å²) in [5, 5.41) is 0.718. The molecule has 5 rings (SSSR count). The van der Waals surface area contributed by atoms with E-state index < -0.39 is 18.7 Å². The van der Waals surface area contributed by atoms with E-state index in [4.69, 9.17) is 15.0 Å². The van der Waals surface area contributed by atoms with E-state index in [-0.39, 0.29) is 6.10 Å². The lowest BCUT2D eigenvalue weighted by atomic mass is 9.91. The van der Waals surface area contributed by atoms with Gasteiger partial charge in [-0.2, -0.15) is 0 Å².